The average molecular weight is 295 g/mol. The number of hydrogen-bond donors (Lipinski definition) is 2. The molecular formula is C14H18FN3O3. The fourth-order valence-corrected chi connectivity index (χ4v) is 2.67. The van der Waals surface area contributed by atoms with Crippen LogP contribution >= 0.6 is 0 Å². The Bertz CT molecular complexity index is 625. The van der Waals surface area contributed by atoms with Gasteiger partial charge in [-0.05, 0) is 45.0 Å². The van der Waals surface area contributed by atoms with E-state index in [1.165, 1.54) is 38.1 Å². The van der Waals surface area contributed by atoms with E-state index in [4.69, 9.17) is 5.21 Å². The summed E-state index contributed by atoms with van der Waals surface area (Å²) >= 11 is 0. The Morgan fingerprint density at radius 1 is 1.29 bits per heavy atom. The van der Waals surface area contributed by atoms with E-state index >= 15 is 0 Å². The van der Waals surface area contributed by atoms with Crippen molar-refractivity contribution < 1.29 is 19.5 Å². The Hall–Kier alpha value is -1.99. The summed E-state index contributed by atoms with van der Waals surface area (Å²) in [5.41, 5.74) is -1.78. The monoisotopic (exact) mass is 295 g/mol. The van der Waals surface area contributed by atoms with E-state index in [0.717, 1.165) is 5.06 Å². The molecule has 7 heteroatoms. The van der Waals surface area contributed by atoms with Gasteiger partial charge in [0.2, 0.25) is 5.71 Å². The Kier molecular flexibility index (Phi) is 3.51. The molecule has 1 aliphatic rings. The van der Waals surface area contributed by atoms with E-state index < -0.39 is 17.0 Å². The number of rotatable bonds is 2. The van der Waals surface area contributed by atoms with Gasteiger partial charge in [-0.2, -0.15) is 4.74 Å². The maximum absolute atomic E-state index is 13.1. The van der Waals surface area contributed by atoms with Crippen molar-refractivity contribution in [2.24, 2.45) is 5.16 Å². The summed E-state index contributed by atoms with van der Waals surface area (Å²) < 4.78 is 13.7. The van der Waals surface area contributed by atoms with Crippen LogP contribution in [0.4, 0.5) is 4.39 Å². The van der Waals surface area contributed by atoms with Crippen LogP contribution in [0, 0.1) is 11.0 Å². The van der Waals surface area contributed by atoms with Crippen molar-refractivity contribution in [1.82, 2.24) is 5.06 Å². The van der Waals surface area contributed by atoms with Gasteiger partial charge in [0.25, 0.3) is 5.66 Å². The second-order valence-corrected chi connectivity index (χ2v) is 5.73. The summed E-state index contributed by atoms with van der Waals surface area (Å²) in [5, 5.41) is 36.1. The molecule has 1 aromatic carbocycles. The molecule has 0 aliphatic carbocycles. The smallest absolute Gasteiger partial charge is 0.290 e. The fraction of sp³-hybridized carbons (Fsp3) is 0.429. The lowest BCUT2D eigenvalue weighted by atomic mass is 9.92. The molecule has 0 unspecified atom stereocenters. The lowest BCUT2D eigenvalue weighted by molar-refractivity contribution is -0.560. The summed E-state index contributed by atoms with van der Waals surface area (Å²) in [7, 11) is 0. The predicted molar refractivity (Wildman–Crippen MR) is 75.1 cm³/mol. The summed E-state index contributed by atoms with van der Waals surface area (Å²) in [6, 6.07) is 5.44. The molecule has 1 aromatic rings. The van der Waals surface area contributed by atoms with Crippen molar-refractivity contribution in [3.63, 3.8) is 0 Å². The largest absolute Gasteiger partial charge is 0.622 e. The Labute approximate surface area is 122 Å². The molecule has 0 aromatic heterocycles. The summed E-state index contributed by atoms with van der Waals surface area (Å²) in [4.78, 5) is 0. The van der Waals surface area contributed by atoms with Gasteiger partial charge in [0.1, 0.15) is 17.1 Å². The SMILES string of the molecule is C/C(=N/O)[C@@]1(C)N(O)C(C)(C)C(c2ccc(F)cc2)=[N+]1[O-]. The van der Waals surface area contributed by atoms with Crippen LogP contribution in [0.2, 0.25) is 0 Å². The van der Waals surface area contributed by atoms with Crippen molar-refractivity contribution in [3.8, 4) is 0 Å². The fourth-order valence-electron chi connectivity index (χ4n) is 2.67. The normalized spacial score (nSPS) is 26.5. The molecule has 0 spiro atoms. The second kappa shape index (κ2) is 4.78. The van der Waals surface area contributed by atoms with Crippen molar-refractivity contribution >= 4 is 11.4 Å². The van der Waals surface area contributed by atoms with Crippen LogP contribution in [0.25, 0.3) is 0 Å². The van der Waals surface area contributed by atoms with E-state index in [1.807, 2.05) is 0 Å². The maximum Gasteiger partial charge on any atom is 0.290 e. The van der Waals surface area contributed by atoms with Gasteiger partial charge >= 0.3 is 0 Å². The molecule has 0 fully saturated rings. The quantitative estimate of drug-likeness (QED) is 0.288. The zero-order chi connectivity index (χ0) is 16.0. The first-order chi connectivity index (χ1) is 9.67. The summed E-state index contributed by atoms with van der Waals surface area (Å²) in [5.74, 6) is -0.413. The molecule has 1 aliphatic heterocycles. The molecule has 0 saturated heterocycles. The van der Waals surface area contributed by atoms with Gasteiger partial charge in [-0.15, -0.1) is 5.06 Å². The molecule has 0 saturated carbocycles. The van der Waals surface area contributed by atoms with Crippen LogP contribution < -0.4 is 0 Å². The Balaban J connectivity index is 2.70. The van der Waals surface area contributed by atoms with Crippen LogP contribution in [0.1, 0.15) is 33.3 Å². The lowest BCUT2D eigenvalue weighted by Gasteiger charge is -2.32. The van der Waals surface area contributed by atoms with Gasteiger partial charge in [-0.25, -0.2) is 4.39 Å². The number of oxime groups is 1. The van der Waals surface area contributed by atoms with E-state index in [1.54, 1.807) is 13.8 Å². The molecule has 0 amide bonds. The van der Waals surface area contributed by atoms with Crippen molar-refractivity contribution in [3.05, 3.63) is 40.9 Å². The van der Waals surface area contributed by atoms with Gasteiger partial charge in [0, 0.05) is 12.5 Å². The average Bonchev–Trinajstić information content (AvgIpc) is 2.58. The molecule has 1 heterocycles. The van der Waals surface area contributed by atoms with Crippen LogP contribution in [0.15, 0.2) is 29.4 Å². The predicted octanol–water partition coefficient (Wildman–Crippen LogP) is 2.17. The van der Waals surface area contributed by atoms with Gasteiger partial charge in [-0.3, -0.25) is 0 Å². The molecule has 2 N–H and O–H groups in total. The third-order valence-electron chi connectivity index (χ3n) is 4.07. The third kappa shape index (κ3) is 2.00. The molecule has 6 nitrogen and oxygen atoms in total. The molecule has 2 rings (SSSR count). The number of halogens is 1. The molecule has 21 heavy (non-hydrogen) atoms. The first-order valence-electron chi connectivity index (χ1n) is 6.46. The van der Waals surface area contributed by atoms with Crippen molar-refractivity contribution in [2.75, 3.05) is 0 Å². The highest BCUT2D eigenvalue weighted by molar-refractivity contribution is 6.06. The van der Waals surface area contributed by atoms with Crippen LogP contribution in [0.5, 0.6) is 0 Å². The van der Waals surface area contributed by atoms with Crippen molar-refractivity contribution in [1.29, 1.82) is 0 Å². The standard InChI is InChI=1S/C14H18FN3O3/c1-9(16-19)14(4)17(20)12(13(2,3)18(14)21)10-5-7-11(15)8-6-10/h5-8,19,21H,1-4H3/b16-9-/t14-/m1/s1. The molecular weight excluding hydrogens is 277 g/mol. The van der Waals surface area contributed by atoms with E-state index in [0.29, 0.717) is 10.3 Å². The highest BCUT2D eigenvalue weighted by atomic mass is 19.1. The van der Waals surface area contributed by atoms with Gasteiger partial charge in [0.15, 0.2) is 0 Å². The van der Waals surface area contributed by atoms with Crippen molar-refractivity contribution in [2.45, 2.75) is 38.9 Å². The zero-order valence-corrected chi connectivity index (χ0v) is 12.3. The van der Waals surface area contributed by atoms with E-state index in [2.05, 4.69) is 5.16 Å². The minimum absolute atomic E-state index is 0.0465. The second-order valence-electron chi connectivity index (χ2n) is 5.73. The first-order valence-corrected chi connectivity index (χ1v) is 6.46. The van der Waals surface area contributed by atoms with E-state index in [-0.39, 0.29) is 11.4 Å². The zero-order valence-electron chi connectivity index (χ0n) is 12.3. The number of hydroxylamine groups is 3. The minimum Gasteiger partial charge on any atom is -0.622 e. The molecule has 0 radical (unpaired) electrons. The molecule has 1 atom stereocenters. The van der Waals surface area contributed by atoms with E-state index in [9.17, 15) is 14.8 Å². The molecule has 0 bridgehead atoms. The first kappa shape index (κ1) is 15.4. The topological polar surface area (TPSA) is 82.1 Å². The Morgan fingerprint density at radius 2 is 1.81 bits per heavy atom. The lowest BCUT2D eigenvalue weighted by Crippen LogP contribution is -2.57. The highest BCUT2D eigenvalue weighted by Crippen LogP contribution is 2.36. The maximum atomic E-state index is 13.1. The van der Waals surface area contributed by atoms with Gasteiger partial charge in [-0.1, -0.05) is 5.16 Å². The number of hydrogen-bond acceptors (Lipinski definition) is 5. The number of nitrogens with zero attached hydrogens (tertiary/aromatic N) is 3. The van der Waals surface area contributed by atoms with Gasteiger partial charge < -0.3 is 15.6 Å². The summed E-state index contributed by atoms with van der Waals surface area (Å²) in [6.45, 7) is 6.21. The summed E-state index contributed by atoms with van der Waals surface area (Å²) in [6.07, 6.45) is 0. The minimum atomic E-state index is -1.54. The highest BCUT2D eigenvalue weighted by Gasteiger charge is 2.61. The molecule has 114 valence electrons. The van der Waals surface area contributed by atoms with Gasteiger partial charge in [0.05, 0.1) is 0 Å². The Morgan fingerprint density at radius 3 is 2.29 bits per heavy atom. The van der Waals surface area contributed by atoms with Crippen LogP contribution in [0.3, 0.4) is 0 Å². The number of benzene rings is 1. The van der Waals surface area contributed by atoms with Crippen LogP contribution in [-0.2, 0) is 0 Å². The third-order valence-corrected chi connectivity index (χ3v) is 4.07. The van der Waals surface area contributed by atoms with Crippen LogP contribution in [-0.4, -0.2) is 42.8 Å².